The molecule has 0 fully saturated rings. The molecule has 256 valence electrons. The van der Waals surface area contributed by atoms with Crippen LogP contribution in [0, 0.1) is 5.92 Å². The van der Waals surface area contributed by atoms with Crippen molar-refractivity contribution >= 4 is 55.5 Å². The summed E-state index contributed by atoms with van der Waals surface area (Å²) < 4.78 is 4.78. The summed E-state index contributed by atoms with van der Waals surface area (Å²) in [6, 6.07) is 44.0. The van der Waals surface area contributed by atoms with Gasteiger partial charge in [-0.1, -0.05) is 109 Å². The lowest BCUT2D eigenvalue weighted by Crippen LogP contribution is -2.57. The predicted octanol–water partition coefficient (Wildman–Crippen LogP) is 9.96. The van der Waals surface area contributed by atoms with Gasteiger partial charge >= 0.3 is 0 Å². The van der Waals surface area contributed by atoms with Crippen molar-refractivity contribution in [3.8, 4) is 11.5 Å². The summed E-state index contributed by atoms with van der Waals surface area (Å²) in [4.78, 5) is 9.06. The molecule has 5 aromatic carbocycles. The molecule has 1 aliphatic heterocycles. The van der Waals surface area contributed by atoms with Gasteiger partial charge in [0.05, 0.1) is 28.2 Å². The minimum absolute atomic E-state index is 0.0477. The first-order valence-electron chi connectivity index (χ1n) is 18.7. The van der Waals surface area contributed by atoms with Crippen molar-refractivity contribution in [1.82, 2.24) is 24.8 Å². The van der Waals surface area contributed by atoms with E-state index in [1.54, 1.807) is 0 Å². The molecule has 6 nitrogen and oxygen atoms in total. The summed E-state index contributed by atoms with van der Waals surface area (Å²) >= 11 is 0. The Labute approximate surface area is 307 Å². The van der Waals surface area contributed by atoms with Crippen LogP contribution in [0.15, 0.2) is 162 Å². The van der Waals surface area contributed by atoms with Crippen LogP contribution in [0.1, 0.15) is 29.5 Å². The largest absolute Gasteiger partial charge is 0.354 e. The molecule has 0 radical (unpaired) electrons. The second-order valence-electron chi connectivity index (χ2n) is 14.5. The first-order chi connectivity index (χ1) is 26.3. The van der Waals surface area contributed by atoms with E-state index in [0.717, 1.165) is 47.7 Å². The molecule has 3 aliphatic rings. The monoisotopic (exact) mass is 686 g/mol. The Bertz CT molecular complexity index is 2840. The molecule has 0 amide bonds. The van der Waals surface area contributed by atoms with Crippen molar-refractivity contribution in [1.29, 1.82) is 0 Å². The molecule has 6 heteroatoms. The summed E-state index contributed by atoms with van der Waals surface area (Å²) in [6.07, 6.45) is 16.3. The van der Waals surface area contributed by atoms with Crippen molar-refractivity contribution < 1.29 is 0 Å². The third kappa shape index (κ3) is 4.94. The highest BCUT2D eigenvalue weighted by molar-refractivity contribution is 6.19. The number of aromatic nitrogens is 3. The zero-order chi connectivity index (χ0) is 34.9. The molecule has 3 unspecified atom stereocenters. The maximum absolute atomic E-state index is 5.37. The summed E-state index contributed by atoms with van der Waals surface area (Å²) in [5.74, 6) is 2.24. The van der Waals surface area contributed by atoms with Gasteiger partial charge in [-0.2, -0.15) is 0 Å². The summed E-state index contributed by atoms with van der Waals surface area (Å²) in [5.41, 5.74) is 11.0. The number of rotatable bonds is 5. The van der Waals surface area contributed by atoms with Gasteiger partial charge in [-0.05, 0) is 78.4 Å². The first-order valence-corrected chi connectivity index (χ1v) is 18.7. The van der Waals surface area contributed by atoms with Crippen LogP contribution in [0.4, 0.5) is 0 Å². The molecule has 11 rings (SSSR count). The van der Waals surface area contributed by atoms with Gasteiger partial charge in [0.2, 0.25) is 0 Å². The standard InChI is InChI=1S/C47H38N6/c1-3-14-31(15-4-1)45-49-46(33-24-23-30-13-7-8-16-32(30)25-33)51-47(50-45)34-26-44(48-29-34)53-41-22-12-10-20-37(41)39-27-38-36-19-9-11-21-40(36)52(42(38)28-43(39)53)35-17-5-2-6-18-35/h1-14,16-22,25-29,31,45-46,48-49H,15,23-24H2,(H,50,51). The summed E-state index contributed by atoms with van der Waals surface area (Å²) in [5, 5.41) is 12.7. The lowest BCUT2D eigenvalue weighted by atomic mass is 9.90. The number of benzene rings is 5. The van der Waals surface area contributed by atoms with Gasteiger partial charge in [0.15, 0.2) is 0 Å². The first kappa shape index (κ1) is 30.3. The number of amidine groups is 1. The second kappa shape index (κ2) is 12.1. The second-order valence-corrected chi connectivity index (χ2v) is 14.5. The zero-order valence-electron chi connectivity index (χ0n) is 29.2. The van der Waals surface area contributed by atoms with Gasteiger partial charge in [-0.25, -0.2) is 4.99 Å². The molecular weight excluding hydrogens is 649 g/mol. The number of nitrogens with one attached hydrogen (secondary N) is 3. The highest BCUT2D eigenvalue weighted by atomic mass is 15.3. The Morgan fingerprint density at radius 3 is 2.19 bits per heavy atom. The van der Waals surface area contributed by atoms with E-state index < -0.39 is 0 Å². The number of fused-ring (bicyclic) bond motifs is 7. The number of aromatic amines is 1. The van der Waals surface area contributed by atoms with Gasteiger partial charge in [0, 0.05) is 44.9 Å². The van der Waals surface area contributed by atoms with Gasteiger partial charge in [-0.15, -0.1) is 0 Å². The van der Waals surface area contributed by atoms with Crippen molar-refractivity contribution in [2.24, 2.45) is 10.9 Å². The average molecular weight is 687 g/mol. The Balaban J connectivity index is 1.06. The van der Waals surface area contributed by atoms with E-state index in [0.29, 0.717) is 5.92 Å². The lowest BCUT2D eigenvalue weighted by molar-refractivity contribution is 0.340. The summed E-state index contributed by atoms with van der Waals surface area (Å²) in [6.45, 7) is 0. The quantitative estimate of drug-likeness (QED) is 0.169. The fraction of sp³-hybridized carbons (Fsp3) is 0.128. The molecule has 3 aromatic heterocycles. The van der Waals surface area contributed by atoms with Crippen LogP contribution in [0.25, 0.3) is 61.2 Å². The molecule has 3 atom stereocenters. The van der Waals surface area contributed by atoms with E-state index in [1.165, 1.54) is 54.8 Å². The van der Waals surface area contributed by atoms with E-state index in [1.807, 2.05) is 0 Å². The lowest BCUT2D eigenvalue weighted by Gasteiger charge is -2.37. The molecule has 0 saturated carbocycles. The Morgan fingerprint density at radius 1 is 0.642 bits per heavy atom. The number of hydrogen-bond donors (Lipinski definition) is 3. The van der Waals surface area contributed by atoms with Gasteiger partial charge in [0.1, 0.15) is 17.8 Å². The van der Waals surface area contributed by atoms with E-state index in [4.69, 9.17) is 4.99 Å². The number of nitrogens with zero attached hydrogens (tertiary/aromatic N) is 3. The van der Waals surface area contributed by atoms with Gasteiger partial charge in [-0.3, -0.25) is 9.88 Å². The minimum Gasteiger partial charge on any atom is -0.354 e. The third-order valence-corrected chi connectivity index (χ3v) is 11.4. The average Bonchev–Trinajstić information content (AvgIpc) is 3.93. The van der Waals surface area contributed by atoms with Crippen molar-refractivity contribution in [2.75, 3.05) is 0 Å². The highest BCUT2D eigenvalue weighted by Crippen LogP contribution is 2.39. The van der Waals surface area contributed by atoms with Crippen LogP contribution in [0.3, 0.4) is 0 Å². The van der Waals surface area contributed by atoms with E-state index in [9.17, 15) is 0 Å². The van der Waals surface area contributed by atoms with Crippen LogP contribution in [0.5, 0.6) is 0 Å². The van der Waals surface area contributed by atoms with Crippen LogP contribution < -0.4 is 10.6 Å². The molecule has 2 aliphatic carbocycles. The van der Waals surface area contributed by atoms with Gasteiger partial charge < -0.3 is 14.9 Å². The molecule has 53 heavy (non-hydrogen) atoms. The molecule has 8 aromatic rings. The molecular formula is C47H38N6. The number of hydrogen-bond acceptors (Lipinski definition) is 3. The van der Waals surface area contributed by atoms with Crippen LogP contribution in [-0.4, -0.2) is 32.3 Å². The van der Waals surface area contributed by atoms with Crippen LogP contribution in [-0.2, 0) is 6.42 Å². The smallest absolute Gasteiger partial charge is 0.133 e. The topological polar surface area (TPSA) is 62.1 Å². The van der Waals surface area contributed by atoms with Gasteiger partial charge in [0.25, 0.3) is 0 Å². The fourth-order valence-corrected chi connectivity index (χ4v) is 8.85. The predicted molar refractivity (Wildman–Crippen MR) is 219 cm³/mol. The number of aliphatic imine (C=N–C) groups is 1. The molecule has 4 heterocycles. The Kier molecular flexibility index (Phi) is 6.92. The van der Waals surface area contributed by atoms with E-state index in [2.05, 4.69) is 183 Å². The Morgan fingerprint density at radius 2 is 1.38 bits per heavy atom. The maximum Gasteiger partial charge on any atom is 0.133 e. The van der Waals surface area contributed by atoms with E-state index in [-0.39, 0.29) is 12.3 Å². The number of para-hydroxylation sites is 3. The molecule has 0 bridgehead atoms. The highest BCUT2D eigenvalue weighted by Gasteiger charge is 2.31. The molecule has 0 saturated heterocycles. The molecule has 3 N–H and O–H groups in total. The van der Waals surface area contributed by atoms with Crippen molar-refractivity contribution in [2.45, 2.75) is 31.6 Å². The van der Waals surface area contributed by atoms with Crippen molar-refractivity contribution in [3.05, 3.63) is 174 Å². The third-order valence-electron chi connectivity index (χ3n) is 11.4. The Hall–Kier alpha value is -6.37. The minimum atomic E-state index is -0.108. The SMILES string of the molecule is C1=CCC(C2NC(c3c[nH]c(-n4c5ccccc5c5cc6c7ccccc7n(-c7ccccc7)c6cc54)c3)=NC(C3=Cc4ccccc4CC3)N2)C=C1. The van der Waals surface area contributed by atoms with Crippen LogP contribution >= 0.6 is 0 Å². The number of H-pyrrole nitrogens is 1. The molecule has 0 spiro atoms. The normalized spacial score (nSPS) is 19.8. The fourth-order valence-electron chi connectivity index (χ4n) is 8.85. The van der Waals surface area contributed by atoms with E-state index >= 15 is 0 Å². The summed E-state index contributed by atoms with van der Waals surface area (Å²) in [7, 11) is 0. The zero-order valence-corrected chi connectivity index (χ0v) is 29.2. The van der Waals surface area contributed by atoms with Crippen LogP contribution in [0.2, 0.25) is 0 Å². The maximum atomic E-state index is 5.37. The van der Waals surface area contributed by atoms with Crippen molar-refractivity contribution in [3.63, 3.8) is 0 Å². The number of allylic oxidation sites excluding steroid dienone is 3. The number of aryl methyl sites for hydroxylation is 1.